The van der Waals surface area contributed by atoms with Gasteiger partial charge in [-0.2, -0.15) is 0 Å². The molecule has 0 N–H and O–H groups in total. The maximum atomic E-state index is 4.49. The first-order chi connectivity index (χ1) is 7.27. The van der Waals surface area contributed by atoms with Gasteiger partial charge in [0.1, 0.15) is 5.82 Å². The Bertz CT molecular complexity index is 652. The molecule has 0 radical (unpaired) electrons. The van der Waals surface area contributed by atoms with E-state index in [1.807, 2.05) is 32.3 Å². The minimum absolute atomic E-state index is 0.818. The summed E-state index contributed by atoms with van der Waals surface area (Å²) in [5.74, 6) is 0.818. The van der Waals surface area contributed by atoms with Crippen molar-refractivity contribution in [1.82, 2.24) is 14.5 Å². The van der Waals surface area contributed by atoms with Crippen molar-refractivity contribution < 1.29 is 0 Å². The molecule has 0 aliphatic carbocycles. The Morgan fingerprint density at radius 1 is 1.13 bits per heavy atom. The summed E-state index contributed by atoms with van der Waals surface area (Å²) in [5, 5.41) is 1.19. The lowest BCUT2D eigenvalue weighted by Gasteiger charge is -1.95. The van der Waals surface area contributed by atoms with Crippen molar-refractivity contribution in [3.8, 4) is 0 Å². The van der Waals surface area contributed by atoms with Gasteiger partial charge in [0.15, 0.2) is 0 Å². The van der Waals surface area contributed by atoms with Crippen LogP contribution in [0.25, 0.3) is 21.9 Å². The molecule has 15 heavy (non-hydrogen) atoms. The SMILES string of the molecule is Cc1ncc2c(n1)c1ccccc1n2C. The minimum atomic E-state index is 0.818. The number of nitrogens with zero attached hydrogens (tertiary/aromatic N) is 3. The second-order valence-electron chi connectivity index (χ2n) is 3.73. The van der Waals surface area contributed by atoms with Crippen LogP contribution in [0.2, 0.25) is 0 Å². The number of para-hydroxylation sites is 1. The van der Waals surface area contributed by atoms with Crippen LogP contribution in [-0.4, -0.2) is 14.5 Å². The molecule has 0 atom stereocenters. The first kappa shape index (κ1) is 8.41. The maximum absolute atomic E-state index is 4.49. The van der Waals surface area contributed by atoms with E-state index >= 15 is 0 Å². The standard InChI is InChI=1S/C12H11N3/c1-8-13-7-11-12(14-8)9-5-3-4-6-10(9)15(11)2/h3-7H,1-2H3. The van der Waals surface area contributed by atoms with Crippen LogP contribution in [0.4, 0.5) is 0 Å². The summed E-state index contributed by atoms with van der Waals surface area (Å²) >= 11 is 0. The largest absolute Gasteiger partial charge is 0.341 e. The van der Waals surface area contributed by atoms with E-state index in [1.54, 1.807) is 0 Å². The molecular weight excluding hydrogens is 186 g/mol. The molecule has 2 aromatic heterocycles. The Balaban J connectivity index is 2.64. The number of hydrogen-bond acceptors (Lipinski definition) is 2. The highest BCUT2D eigenvalue weighted by Crippen LogP contribution is 2.25. The van der Waals surface area contributed by atoms with E-state index in [2.05, 4.69) is 26.7 Å². The van der Waals surface area contributed by atoms with Crippen molar-refractivity contribution in [2.45, 2.75) is 6.92 Å². The highest BCUT2D eigenvalue weighted by Gasteiger charge is 2.08. The highest BCUT2D eigenvalue weighted by molar-refractivity contribution is 6.05. The molecule has 0 unspecified atom stereocenters. The van der Waals surface area contributed by atoms with Gasteiger partial charge in [-0.3, -0.25) is 0 Å². The molecule has 3 nitrogen and oxygen atoms in total. The second kappa shape index (κ2) is 2.79. The number of aromatic nitrogens is 3. The summed E-state index contributed by atoms with van der Waals surface area (Å²) in [4.78, 5) is 8.72. The number of hydrogen-bond donors (Lipinski definition) is 0. The van der Waals surface area contributed by atoms with Crippen LogP contribution in [-0.2, 0) is 7.05 Å². The van der Waals surface area contributed by atoms with E-state index < -0.39 is 0 Å². The fourth-order valence-electron chi connectivity index (χ4n) is 2.00. The number of rotatable bonds is 0. The third-order valence-corrected chi connectivity index (χ3v) is 2.77. The lowest BCUT2D eigenvalue weighted by molar-refractivity contribution is 0.994. The van der Waals surface area contributed by atoms with Crippen LogP contribution >= 0.6 is 0 Å². The monoisotopic (exact) mass is 197 g/mol. The van der Waals surface area contributed by atoms with Gasteiger partial charge in [0, 0.05) is 12.4 Å². The summed E-state index contributed by atoms with van der Waals surface area (Å²) in [6.07, 6.45) is 1.89. The quantitative estimate of drug-likeness (QED) is 0.554. The maximum Gasteiger partial charge on any atom is 0.126 e. The van der Waals surface area contributed by atoms with E-state index in [4.69, 9.17) is 0 Å². The van der Waals surface area contributed by atoms with E-state index in [9.17, 15) is 0 Å². The van der Waals surface area contributed by atoms with Crippen LogP contribution in [0, 0.1) is 6.92 Å². The Kier molecular flexibility index (Phi) is 1.57. The van der Waals surface area contributed by atoms with Crippen LogP contribution in [0.5, 0.6) is 0 Å². The van der Waals surface area contributed by atoms with Crippen molar-refractivity contribution in [2.75, 3.05) is 0 Å². The molecule has 0 bridgehead atoms. The molecule has 3 aromatic rings. The van der Waals surface area contributed by atoms with Gasteiger partial charge in [-0.05, 0) is 13.0 Å². The zero-order chi connectivity index (χ0) is 10.4. The predicted molar refractivity (Wildman–Crippen MR) is 60.8 cm³/mol. The summed E-state index contributed by atoms with van der Waals surface area (Å²) in [6, 6.07) is 8.29. The van der Waals surface area contributed by atoms with Gasteiger partial charge in [0.25, 0.3) is 0 Å². The Morgan fingerprint density at radius 2 is 1.93 bits per heavy atom. The van der Waals surface area contributed by atoms with Crippen molar-refractivity contribution >= 4 is 21.9 Å². The molecule has 2 heterocycles. The van der Waals surface area contributed by atoms with E-state index in [0.717, 1.165) is 16.9 Å². The zero-order valence-corrected chi connectivity index (χ0v) is 8.73. The van der Waals surface area contributed by atoms with E-state index in [-0.39, 0.29) is 0 Å². The summed E-state index contributed by atoms with van der Waals surface area (Å²) in [7, 11) is 2.04. The highest BCUT2D eigenvalue weighted by atomic mass is 15.0. The second-order valence-corrected chi connectivity index (χ2v) is 3.73. The smallest absolute Gasteiger partial charge is 0.126 e. The molecule has 0 aliphatic heterocycles. The molecule has 0 amide bonds. The molecule has 0 spiro atoms. The topological polar surface area (TPSA) is 30.7 Å². The van der Waals surface area contributed by atoms with Gasteiger partial charge < -0.3 is 4.57 Å². The molecule has 3 heteroatoms. The summed E-state index contributed by atoms with van der Waals surface area (Å²) in [6.45, 7) is 1.92. The van der Waals surface area contributed by atoms with Gasteiger partial charge in [0.2, 0.25) is 0 Å². The molecule has 74 valence electrons. The Labute approximate surface area is 87.4 Å². The van der Waals surface area contributed by atoms with Crippen molar-refractivity contribution in [3.63, 3.8) is 0 Å². The fourth-order valence-corrected chi connectivity index (χ4v) is 2.00. The third kappa shape index (κ3) is 1.06. The minimum Gasteiger partial charge on any atom is -0.341 e. The third-order valence-electron chi connectivity index (χ3n) is 2.77. The van der Waals surface area contributed by atoms with Gasteiger partial charge in [0.05, 0.1) is 22.7 Å². The van der Waals surface area contributed by atoms with Gasteiger partial charge in [-0.1, -0.05) is 18.2 Å². The Hall–Kier alpha value is -1.90. The van der Waals surface area contributed by atoms with Gasteiger partial charge in [-0.15, -0.1) is 0 Å². The molecule has 0 saturated carbocycles. The molecule has 0 aliphatic rings. The molecule has 0 fully saturated rings. The van der Waals surface area contributed by atoms with Crippen molar-refractivity contribution in [3.05, 3.63) is 36.3 Å². The normalized spacial score (nSPS) is 11.3. The molecule has 3 rings (SSSR count). The first-order valence-corrected chi connectivity index (χ1v) is 4.94. The van der Waals surface area contributed by atoms with Crippen LogP contribution in [0.15, 0.2) is 30.5 Å². The fraction of sp³-hybridized carbons (Fsp3) is 0.167. The van der Waals surface area contributed by atoms with Crippen molar-refractivity contribution in [2.24, 2.45) is 7.05 Å². The first-order valence-electron chi connectivity index (χ1n) is 4.94. The lowest BCUT2D eigenvalue weighted by atomic mass is 10.2. The zero-order valence-electron chi connectivity index (χ0n) is 8.73. The molecule has 1 aromatic carbocycles. The van der Waals surface area contributed by atoms with E-state index in [1.165, 1.54) is 10.9 Å². The van der Waals surface area contributed by atoms with Crippen molar-refractivity contribution in [1.29, 1.82) is 0 Å². The average molecular weight is 197 g/mol. The number of benzene rings is 1. The van der Waals surface area contributed by atoms with Crippen LogP contribution in [0.1, 0.15) is 5.82 Å². The van der Waals surface area contributed by atoms with Gasteiger partial charge in [-0.25, -0.2) is 9.97 Å². The number of aryl methyl sites for hydroxylation is 2. The van der Waals surface area contributed by atoms with E-state index in [0.29, 0.717) is 0 Å². The number of fused-ring (bicyclic) bond motifs is 3. The summed E-state index contributed by atoms with van der Waals surface area (Å²) < 4.78 is 2.13. The Morgan fingerprint density at radius 3 is 2.80 bits per heavy atom. The lowest BCUT2D eigenvalue weighted by Crippen LogP contribution is -1.90. The van der Waals surface area contributed by atoms with Crippen LogP contribution < -0.4 is 0 Å². The van der Waals surface area contributed by atoms with Gasteiger partial charge >= 0.3 is 0 Å². The van der Waals surface area contributed by atoms with Crippen LogP contribution in [0.3, 0.4) is 0 Å². The molecule has 0 saturated heterocycles. The summed E-state index contributed by atoms with van der Waals surface area (Å²) in [5.41, 5.74) is 3.33. The average Bonchev–Trinajstić information content (AvgIpc) is 2.54. The predicted octanol–water partition coefficient (Wildman–Crippen LogP) is 2.43. The molecular formula is C12H11N3.